The highest BCUT2D eigenvalue weighted by molar-refractivity contribution is 7.99. The molecule has 7 heteroatoms. The topological polar surface area (TPSA) is 77.2 Å². The maximum absolute atomic E-state index is 12.1. The number of anilines is 1. The summed E-state index contributed by atoms with van der Waals surface area (Å²) in [6.45, 7) is 4.18. The van der Waals surface area contributed by atoms with E-state index < -0.39 is 0 Å². The molecule has 134 valence electrons. The van der Waals surface area contributed by atoms with Gasteiger partial charge in [0.1, 0.15) is 5.75 Å². The number of aryl methyl sites for hydroxylation is 1. The van der Waals surface area contributed by atoms with E-state index in [-0.39, 0.29) is 18.3 Å². The first-order valence-corrected chi connectivity index (χ1v) is 9.09. The Kier molecular flexibility index (Phi) is 5.91. The number of para-hydroxylation sites is 1. The summed E-state index contributed by atoms with van der Waals surface area (Å²) in [5.41, 5.74) is 3.01. The number of hydrogen-bond acceptors (Lipinski definition) is 6. The third-order valence-corrected chi connectivity index (χ3v) is 4.58. The summed E-state index contributed by atoms with van der Waals surface area (Å²) in [7, 11) is 0. The van der Waals surface area contributed by atoms with Crippen molar-refractivity contribution < 1.29 is 13.9 Å². The van der Waals surface area contributed by atoms with E-state index in [0.717, 1.165) is 22.6 Å². The lowest BCUT2D eigenvalue weighted by atomic mass is 10.1. The minimum atomic E-state index is -0.121. The van der Waals surface area contributed by atoms with Crippen molar-refractivity contribution in [3.05, 3.63) is 65.5 Å². The molecule has 0 aliphatic rings. The molecule has 0 atom stereocenters. The summed E-state index contributed by atoms with van der Waals surface area (Å²) in [6, 6.07) is 15.2. The molecule has 3 aromatic rings. The third kappa shape index (κ3) is 4.86. The van der Waals surface area contributed by atoms with Crippen LogP contribution in [-0.4, -0.2) is 21.9 Å². The summed E-state index contributed by atoms with van der Waals surface area (Å²) in [5, 5.41) is 11.1. The van der Waals surface area contributed by atoms with Gasteiger partial charge in [0.2, 0.25) is 5.91 Å². The van der Waals surface area contributed by atoms with Crippen LogP contribution in [0, 0.1) is 13.8 Å². The first-order chi connectivity index (χ1) is 12.6. The Morgan fingerprint density at radius 1 is 1.12 bits per heavy atom. The fourth-order valence-electron chi connectivity index (χ4n) is 2.22. The number of nitrogens with zero attached hydrogens (tertiary/aromatic N) is 2. The number of nitrogens with one attached hydrogen (secondary N) is 1. The molecule has 1 heterocycles. The van der Waals surface area contributed by atoms with Gasteiger partial charge in [0.05, 0.1) is 5.75 Å². The van der Waals surface area contributed by atoms with Gasteiger partial charge in [0, 0.05) is 5.69 Å². The van der Waals surface area contributed by atoms with Crippen molar-refractivity contribution >= 4 is 23.4 Å². The molecule has 1 aromatic heterocycles. The summed E-state index contributed by atoms with van der Waals surface area (Å²) < 4.78 is 11.0. The van der Waals surface area contributed by atoms with Crippen LogP contribution >= 0.6 is 11.8 Å². The second-order valence-corrected chi connectivity index (χ2v) is 6.57. The summed E-state index contributed by atoms with van der Waals surface area (Å²) in [6.07, 6.45) is 0. The molecule has 0 aliphatic heterocycles. The third-order valence-electron chi connectivity index (χ3n) is 3.76. The molecule has 0 fully saturated rings. The van der Waals surface area contributed by atoms with Crippen LogP contribution in [-0.2, 0) is 11.4 Å². The predicted octanol–water partition coefficient (Wildman–Crippen LogP) is 4.00. The number of hydrogen-bond donors (Lipinski definition) is 1. The highest BCUT2D eigenvalue weighted by Gasteiger charge is 2.11. The number of ether oxygens (including phenoxy) is 1. The molecule has 0 unspecified atom stereocenters. The smallest absolute Gasteiger partial charge is 0.277 e. The van der Waals surface area contributed by atoms with E-state index in [1.165, 1.54) is 11.8 Å². The molecule has 0 saturated heterocycles. The molecule has 0 spiro atoms. The molecule has 6 nitrogen and oxygen atoms in total. The summed E-state index contributed by atoms with van der Waals surface area (Å²) in [5.74, 6) is 1.16. The zero-order valence-electron chi connectivity index (χ0n) is 14.6. The van der Waals surface area contributed by atoms with Crippen molar-refractivity contribution in [3.8, 4) is 5.75 Å². The van der Waals surface area contributed by atoms with Gasteiger partial charge in [-0.15, -0.1) is 10.2 Å². The SMILES string of the molecule is Cc1cccc(NC(=O)CSc2nnc(COc3ccccc3)o2)c1C. The maximum Gasteiger partial charge on any atom is 0.277 e. The highest BCUT2D eigenvalue weighted by Crippen LogP contribution is 2.20. The second kappa shape index (κ2) is 8.53. The second-order valence-electron chi connectivity index (χ2n) is 5.65. The van der Waals surface area contributed by atoms with E-state index in [0.29, 0.717) is 11.1 Å². The van der Waals surface area contributed by atoms with Crippen molar-refractivity contribution in [2.24, 2.45) is 0 Å². The zero-order chi connectivity index (χ0) is 18.4. The lowest BCUT2D eigenvalue weighted by Gasteiger charge is -2.09. The van der Waals surface area contributed by atoms with Gasteiger partial charge in [-0.25, -0.2) is 0 Å². The average molecular weight is 369 g/mol. The number of rotatable bonds is 7. The average Bonchev–Trinajstić information content (AvgIpc) is 3.11. The molecular formula is C19H19N3O3S. The van der Waals surface area contributed by atoms with Gasteiger partial charge in [-0.2, -0.15) is 0 Å². The Morgan fingerprint density at radius 3 is 2.73 bits per heavy atom. The van der Waals surface area contributed by atoms with Crippen molar-refractivity contribution in [1.29, 1.82) is 0 Å². The number of benzene rings is 2. The van der Waals surface area contributed by atoms with Crippen LogP contribution in [0.15, 0.2) is 58.2 Å². The molecule has 26 heavy (non-hydrogen) atoms. The van der Waals surface area contributed by atoms with Crippen LogP contribution in [0.4, 0.5) is 5.69 Å². The number of carbonyl (C=O) groups excluding carboxylic acids is 1. The normalized spacial score (nSPS) is 10.5. The molecule has 1 amide bonds. The Bertz CT molecular complexity index is 881. The minimum Gasteiger partial charge on any atom is -0.484 e. The Morgan fingerprint density at radius 2 is 1.92 bits per heavy atom. The quantitative estimate of drug-likeness (QED) is 0.635. The van der Waals surface area contributed by atoms with Gasteiger partial charge >= 0.3 is 0 Å². The Labute approximate surface area is 156 Å². The number of amides is 1. The van der Waals surface area contributed by atoms with Crippen molar-refractivity contribution in [3.63, 3.8) is 0 Å². The highest BCUT2D eigenvalue weighted by atomic mass is 32.2. The van der Waals surface area contributed by atoms with Crippen LogP contribution in [0.1, 0.15) is 17.0 Å². The van der Waals surface area contributed by atoms with Gasteiger partial charge in [0.25, 0.3) is 11.1 Å². The lowest BCUT2D eigenvalue weighted by Crippen LogP contribution is -2.15. The number of thioether (sulfide) groups is 1. The molecular weight excluding hydrogens is 350 g/mol. The van der Waals surface area contributed by atoms with E-state index in [9.17, 15) is 4.79 Å². The van der Waals surface area contributed by atoms with Crippen LogP contribution < -0.4 is 10.1 Å². The predicted molar refractivity (Wildman–Crippen MR) is 100 cm³/mol. The molecule has 2 aromatic carbocycles. The molecule has 1 N–H and O–H groups in total. The van der Waals surface area contributed by atoms with Gasteiger partial charge < -0.3 is 14.5 Å². The fraction of sp³-hybridized carbons (Fsp3) is 0.211. The maximum atomic E-state index is 12.1. The minimum absolute atomic E-state index is 0.121. The Hall–Kier alpha value is -2.80. The van der Waals surface area contributed by atoms with E-state index in [4.69, 9.17) is 9.15 Å². The van der Waals surface area contributed by atoms with Gasteiger partial charge in [0.15, 0.2) is 6.61 Å². The van der Waals surface area contributed by atoms with Crippen molar-refractivity contribution in [1.82, 2.24) is 10.2 Å². The Balaban J connectivity index is 1.48. The number of carbonyl (C=O) groups is 1. The van der Waals surface area contributed by atoms with E-state index >= 15 is 0 Å². The molecule has 0 saturated carbocycles. The zero-order valence-corrected chi connectivity index (χ0v) is 15.4. The van der Waals surface area contributed by atoms with E-state index in [1.807, 2.05) is 62.4 Å². The van der Waals surface area contributed by atoms with Gasteiger partial charge in [-0.1, -0.05) is 42.1 Å². The van der Waals surface area contributed by atoms with Crippen LogP contribution in [0.25, 0.3) is 0 Å². The van der Waals surface area contributed by atoms with Gasteiger partial charge in [-0.3, -0.25) is 4.79 Å². The molecule has 0 radical (unpaired) electrons. The molecule has 3 rings (SSSR count). The number of aromatic nitrogens is 2. The largest absolute Gasteiger partial charge is 0.484 e. The standard InChI is InChI=1S/C19H19N3O3S/c1-13-7-6-10-16(14(13)2)20-17(23)12-26-19-22-21-18(25-19)11-24-15-8-4-3-5-9-15/h3-10H,11-12H2,1-2H3,(H,20,23). The fourth-order valence-corrected chi connectivity index (χ4v) is 2.80. The first kappa shape index (κ1) is 18.0. The van der Waals surface area contributed by atoms with Crippen molar-refractivity contribution in [2.45, 2.75) is 25.7 Å². The van der Waals surface area contributed by atoms with E-state index in [1.54, 1.807) is 0 Å². The van der Waals surface area contributed by atoms with Crippen LogP contribution in [0.3, 0.4) is 0 Å². The van der Waals surface area contributed by atoms with Gasteiger partial charge in [-0.05, 0) is 43.2 Å². The van der Waals surface area contributed by atoms with Crippen LogP contribution in [0.2, 0.25) is 0 Å². The summed E-state index contributed by atoms with van der Waals surface area (Å²) in [4.78, 5) is 12.1. The lowest BCUT2D eigenvalue weighted by molar-refractivity contribution is -0.113. The van der Waals surface area contributed by atoms with E-state index in [2.05, 4.69) is 15.5 Å². The van der Waals surface area contributed by atoms with Crippen molar-refractivity contribution in [2.75, 3.05) is 11.1 Å². The molecule has 0 aliphatic carbocycles. The summed E-state index contributed by atoms with van der Waals surface area (Å²) >= 11 is 1.19. The van der Waals surface area contributed by atoms with Crippen LogP contribution in [0.5, 0.6) is 5.75 Å². The molecule has 0 bridgehead atoms. The first-order valence-electron chi connectivity index (χ1n) is 8.11. The monoisotopic (exact) mass is 369 g/mol.